The van der Waals surface area contributed by atoms with Crippen molar-refractivity contribution in [2.24, 2.45) is 0 Å². The summed E-state index contributed by atoms with van der Waals surface area (Å²) in [6, 6.07) is 180. The van der Waals surface area contributed by atoms with Gasteiger partial charge >= 0.3 is 0 Å². The molecule has 582 valence electrons. The third-order valence-electron chi connectivity index (χ3n) is 23.3. The van der Waals surface area contributed by atoms with Crippen molar-refractivity contribution in [3.63, 3.8) is 0 Å². The van der Waals surface area contributed by atoms with E-state index < -0.39 is 0 Å². The zero-order valence-corrected chi connectivity index (χ0v) is 72.2. The van der Waals surface area contributed by atoms with E-state index in [0.717, 1.165) is 180 Å². The normalized spacial score (nSPS) is 11.0. The van der Waals surface area contributed by atoms with Crippen LogP contribution in [0, 0.1) is 0 Å². The van der Waals surface area contributed by atoms with Crippen molar-refractivity contribution in [3.05, 3.63) is 572 Å². The lowest BCUT2D eigenvalue weighted by molar-refractivity contribution is 1.49. The van der Waals surface area contributed by atoms with E-state index >= 15 is 0 Å². The lowest BCUT2D eigenvalue weighted by Gasteiger charge is -2.29. The van der Waals surface area contributed by atoms with Crippen LogP contribution in [0.4, 0.5) is 0 Å². The van der Waals surface area contributed by atoms with Crippen LogP contribution in [0.5, 0.6) is 0 Å². The molecule has 19 rings (SSSR count). The Balaban J connectivity index is 0.810. The van der Waals surface area contributed by atoms with Gasteiger partial charge in [0.05, 0.1) is 0 Å². The van der Waals surface area contributed by atoms with Crippen molar-refractivity contribution >= 4 is 81.2 Å². The van der Waals surface area contributed by atoms with Crippen molar-refractivity contribution in [1.29, 1.82) is 0 Å². The van der Waals surface area contributed by atoms with Gasteiger partial charge in [-0.05, 0) is 237 Å². The second-order valence-electron chi connectivity index (χ2n) is 30.8. The van der Waals surface area contributed by atoms with Crippen molar-refractivity contribution in [3.8, 4) is 100 Å². The number of hydrogen-bond donors (Lipinski definition) is 0. The van der Waals surface area contributed by atoms with E-state index in [1.54, 1.807) is 0 Å². The van der Waals surface area contributed by atoms with E-state index in [2.05, 4.69) is 539 Å². The summed E-state index contributed by atoms with van der Waals surface area (Å²) in [6.07, 6.45) is 0. The van der Waals surface area contributed by atoms with Crippen LogP contribution >= 0.6 is 47.8 Å². The van der Waals surface area contributed by atoms with Gasteiger partial charge in [-0.3, -0.25) is 0 Å². The Labute approximate surface area is 746 Å². The molecule has 19 aromatic rings. The van der Waals surface area contributed by atoms with Crippen LogP contribution in [0.1, 0.15) is 66.8 Å². The van der Waals surface area contributed by atoms with Gasteiger partial charge in [0.25, 0.3) is 0 Å². The molecule has 0 radical (unpaired) electrons. The predicted molar refractivity (Wildman–Crippen MR) is 531 cm³/mol. The molecule has 0 nitrogen and oxygen atoms in total. The molecule has 0 aliphatic heterocycles. The smallest absolute Gasteiger partial charge is 0.0175 e. The molecule has 0 amide bonds. The average molecular weight is 1760 g/mol. The van der Waals surface area contributed by atoms with Gasteiger partial charge in [-0.15, -0.1) is 0 Å². The van der Waals surface area contributed by atoms with Gasteiger partial charge in [0, 0.05) is 13.4 Å². The number of rotatable bonds is 21. The van der Waals surface area contributed by atoms with Crippen molar-refractivity contribution in [2.75, 3.05) is 0 Å². The standard InChI is InChI=1S/C120H81Br3/c121-106-76-70-103(71-77-106)118-115(100-64-52-85(53-65-100)82-46-58-97(59-47-82)112(94-40-22-7-23-41-94)109(88-28-10-1-11-29-88)89-30-12-2-13-31-89)119(104-72-78-107(122)79-73-104)117(102-68-56-87(57-69-102)84-50-62-99(63-51-84)114(96-44-26-9-27-45-96)111(92-36-18-5-19-37-92)93-38-20-6-21-39-93)120(105-74-80-108(123)81-75-105)116(118)101-66-54-86(55-67-101)83-48-60-98(61-49-83)113(95-42-24-8-25-43-95)110(90-32-14-3-15-33-90)91-34-16-4-17-35-91/h1-81H. The number of halogens is 3. The molecule has 0 aromatic heterocycles. The topological polar surface area (TPSA) is 0 Å². The van der Waals surface area contributed by atoms with Gasteiger partial charge in [-0.2, -0.15) is 0 Å². The molecular formula is C120H81Br3. The Bertz CT molecular complexity index is 6140. The molecule has 19 aromatic carbocycles. The van der Waals surface area contributed by atoms with E-state index in [0.29, 0.717) is 0 Å². The molecule has 3 heteroatoms. The molecule has 0 atom stereocenters. The van der Waals surface area contributed by atoms with Gasteiger partial charge in [0.2, 0.25) is 0 Å². The van der Waals surface area contributed by atoms with Crippen LogP contribution in [-0.2, 0) is 0 Å². The summed E-state index contributed by atoms with van der Waals surface area (Å²) < 4.78 is 2.99. The molecule has 0 saturated carbocycles. The van der Waals surface area contributed by atoms with Crippen LogP contribution < -0.4 is 0 Å². The van der Waals surface area contributed by atoms with Gasteiger partial charge in [0.1, 0.15) is 0 Å². The minimum absolute atomic E-state index is 0.996. The van der Waals surface area contributed by atoms with Crippen molar-refractivity contribution < 1.29 is 0 Å². The highest BCUT2D eigenvalue weighted by molar-refractivity contribution is 9.11. The molecule has 123 heavy (non-hydrogen) atoms. The number of benzene rings is 19. The predicted octanol–water partition coefficient (Wildman–Crippen LogP) is 34.0. The van der Waals surface area contributed by atoms with Gasteiger partial charge in [-0.25, -0.2) is 0 Å². The van der Waals surface area contributed by atoms with Crippen LogP contribution in [0.2, 0.25) is 0 Å². The van der Waals surface area contributed by atoms with Gasteiger partial charge < -0.3 is 0 Å². The molecule has 0 spiro atoms. The molecule has 0 aliphatic rings. The maximum absolute atomic E-state index is 3.92. The maximum Gasteiger partial charge on any atom is 0.0175 e. The van der Waals surface area contributed by atoms with E-state index in [1.165, 1.54) is 33.4 Å². The molecule has 0 aliphatic carbocycles. The van der Waals surface area contributed by atoms with Crippen molar-refractivity contribution in [1.82, 2.24) is 0 Å². The van der Waals surface area contributed by atoms with Gasteiger partial charge in [-0.1, -0.05) is 503 Å². The summed E-state index contributed by atoms with van der Waals surface area (Å²) in [6.45, 7) is 0. The van der Waals surface area contributed by atoms with Crippen LogP contribution in [0.25, 0.3) is 134 Å². The Morgan fingerprint density at radius 1 is 0.0976 bits per heavy atom. The first kappa shape index (κ1) is 78.7. The first-order chi connectivity index (χ1) is 60.8. The fourth-order valence-corrected chi connectivity index (χ4v) is 18.3. The maximum atomic E-state index is 3.92. The minimum Gasteiger partial charge on any atom is -0.0622 e. The summed E-state index contributed by atoms with van der Waals surface area (Å²) in [5, 5.41) is 0. The highest BCUT2D eigenvalue weighted by Gasteiger charge is 2.31. The molecule has 0 N–H and O–H groups in total. The van der Waals surface area contributed by atoms with Crippen LogP contribution in [-0.4, -0.2) is 0 Å². The van der Waals surface area contributed by atoms with Crippen LogP contribution in [0.3, 0.4) is 0 Å². The second-order valence-corrected chi connectivity index (χ2v) is 33.5. The summed E-state index contributed by atoms with van der Waals surface area (Å²) in [5.41, 5.74) is 40.7. The Hall–Kier alpha value is -14.2. The minimum atomic E-state index is 0.996. The third-order valence-corrected chi connectivity index (χ3v) is 24.8. The average Bonchev–Trinajstić information content (AvgIpc) is 0.702. The molecule has 0 fully saturated rings. The van der Waals surface area contributed by atoms with Crippen molar-refractivity contribution in [2.45, 2.75) is 0 Å². The Morgan fingerprint density at radius 3 is 0.325 bits per heavy atom. The lowest BCUT2D eigenvalue weighted by atomic mass is 9.74. The third kappa shape index (κ3) is 16.8. The number of hydrogen-bond acceptors (Lipinski definition) is 0. The Morgan fingerprint density at radius 2 is 0.195 bits per heavy atom. The molecule has 0 heterocycles. The fraction of sp³-hybridized carbons (Fsp3) is 0. The van der Waals surface area contributed by atoms with E-state index in [1.807, 2.05) is 0 Å². The molecule has 0 unspecified atom stereocenters. The second kappa shape index (κ2) is 36.4. The highest BCUT2D eigenvalue weighted by atomic mass is 79.9. The summed E-state index contributed by atoms with van der Waals surface area (Å²) >= 11 is 11.8. The zero-order chi connectivity index (χ0) is 82.8. The molecular weight excluding hydrogens is 1680 g/mol. The molecule has 0 bridgehead atoms. The highest BCUT2D eigenvalue weighted by Crippen LogP contribution is 2.57. The van der Waals surface area contributed by atoms with Crippen LogP contribution in [0.15, 0.2) is 505 Å². The fourth-order valence-electron chi connectivity index (χ4n) is 17.5. The monoisotopic (exact) mass is 1760 g/mol. The van der Waals surface area contributed by atoms with Gasteiger partial charge in [0.15, 0.2) is 0 Å². The first-order valence-corrected chi connectivity index (χ1v) is 44.0. The SMILES string of the molecule is Brc1ccc(-c2c(-c3ccc(-c4ccc(C(=C(c5ccccc5)c5ccccc5)c5ccccc5)cc4)cc3)c(-c3ccc(Br)cc3)c(-c3ccc(-c4ccc(C(=C(c5ccccc5)c5ccccc5)c5ccccc5)cc4)cc3)c(-c3ccc(Br)cc3)c2-c2ccc(-c3ccc(C(=C(c4ccccc4)c4ccccc4)c4ccccc4)cc3)cc2)cc1. The summed E-state index contributed by atoms with van der Waals surface area (Å²) in [5.74, 6) is 0. The van der Waals surface area contributed by atoms with E-state index in [9.17, 15) is 0 Å². The quantitative estimate of drug-likeness (QED) is 0.0629. The summed E-state index contributed by atoms with van der Waals surface area (Å²) in [4.78, 5) is 0. The lowest BCUT2D eigenvalue weighted by Crippen LogP contribution is -2.02. The molecule has 0 saturated heterocycles. The largest absolute Gasteiger partial charge is 0.0622 e. The van der Waals surface area contributed by atoms with E-state index in [-0.39, 0.29) is 0 Å². The Kier molecular flexibility index (Phi) is 23.3. The zero-order valence-electron chi connectivity index (χ0n) is 67.4. The summed E-state index contributed by atoms with van der Waals surface area (Å²) in [7, 11) is 0. The first-order valence-electron chi connectivity index (χ1n) is 41.7. The van der Waals surface area contributed by atoms with E-state index in [4.69, 9.17) is 0 Å².